The molecule has 0 aliphatic heterocycles. The van der Waals surface area contributed by atoms with Gasteiger partial charge in [-0.3, -0.25) is 0 Å². The third kappa shape index (κ3) is 4.60. The van der Waals surface area contributed by atoms with E-state index in [1.807, 2.05) is 36.4 Å². The van der Waals surface area contributed by atoms with Crippen molar-refractivity contribution in [3.8, 4) is 11.6 Å². The summed E-state index contributed by atoms with van der Waals surface area (Å²) in [6, 6.07) is 11.6. The summed E-state index contributed by atoms with van der Waals surface area (Å²) in [6.45, 7) is 2.02. The summed E-state index contributed by atoms with van der Waals surface area (Å²) in [4.78, 5) is 15.1. The monoisotopic (exact) mass is 285 g/mol. The number of methoxy groups -OCH3 is 1. The van der Waals surface area contributed by atoms with E-state index in [4.69, 9.17) is 9.47 Å². The molecule has 0 spiro atoms. The largest absolute Gasteiger partial charge is 0.489 e. The predicted molar refractivity (Wildman–Crippen MR) is 80.6 cm³/mol. The molecule has 0 fully saturated rings. The fraction of sp³-hybridized carbons (Fsp3) is 0.294. The van der Waals surface area contributed by atoms with E-state index in [1.165, 1.54) is 0 Å². The molecule has 0 bridgehead atoms. The van der Waals surface area contributed by atoms with Crippen molar-refractivity contribution < 1.29 is 14.3 Å². The molecule has 0 aliphatic rings. The van der Waals surface area contributed by atoms with Gasteiger partial charge in [-0.15, -0.1) is 0 Å². The average Bonchev–Trinajstić information content (AvgIpc) is 2.52. The van der Waals surface area contributed by atoms with Gasteiger partial charge < -0.3 is 14.3 Å². The van der Waals surface area contributed by atoms with Gasteiger partial charge in [0.25, 0.3) is 0 Å². The molecule has 0 unspecified atom stereocenters. The number of hydrogen-bond donors (Lipinski definition) is 0. The van der Waals surface area contributed by atoms with Crippen LogP contribution in [0.3, 0.4) is 0 Å². The second kappa shape index (κ2) is 7.43. The summed E-state index contributed by atoms with van der Waals surface area (Å²) in [6.07, 6.45) is 3.03. The topological polar surface area (TPSA) is 48.4 Å². The lowest BCUT2D eigenvalue weighted by Crippen LogP contribution is -2.00. The van der Waals surface area contributed by atoms with Crippen molar-refractivity contribution in [3.05, 3.63) is 53.7 Å². The Morgan fingerprint density at radius 1 is 1.19 bits per heavy atom. The molecular weight excluding hydrogens is 266 g/mol. The average molecular weight is 285 g/mol. The lowest BCUT2D eigenvalue weighted by Gasteiger charge is -2.09. The number of benzene rings is 1. The second-order valence-electron chi connectivity index (χ2n) is 4.81. The van der Waals surface area contributed by atoms with Crippen molar-refractivity contribution in [1.29, 1.82) is 0 Å². The number of carbonyl (C=O) groups excluding carboxylic acids is 1. The molecule has 0 aliphatic carbocycles. The van der Waals surface area contributed by atoms with Gasteiger partial charge in [0.15, 0.2) is 0 Å². The first-order valence-electron chi connectivity index (χ1n) is 6.88. The highest BCUT2D eigenvalue weighted by atomic mass is 16.5. The highest BCUT2D eigenvalue weighted by molar-refractivity contribution is 5.75. The Balaban J connectivity index is 1.93. The Bertz CT molecular complexity index is 593. The molecule has 1 aromatic carbocycles. The third-order valence-corrected chi connectivity index (χ3v) is 3.13. The quantitative estimate of drug-likeness (QED) is 0.784. The molecule has 0 atom stereocenters. The molecule has 1 heterocycles. The standard InChI is InChI=1S/C17H19NO3/c1-13(19)5-6-14-7-9-16(10-8-14)21-12-15-4-3-11-18-17(15)20-2/h3-4,7-11H,5-6,12H2,1-2H3. The van der Waals surface area contributed by atoms with Crippen LogP contribution in [0.4, 0.5) is 0 Å². The number of Topliss-reactive ketones (excluding diaryl/α,β-unsaturated/α-hetero) is 1. The molecule has 2 rings (SSSR count). The van der Waals surface area contributed by atoms with Gasteiger partial charge in [0.2, 0.25) is 5.88 Å². The van der Waals surface area contributed by atoms with Crippen LogP contribution in [-0.2, 0) is 17.8 Å². The van der Waals surface area contributed by atoms with Crippen molar-refractivity contribution in [2.75, 3.05) is 7.11 Å². The lowest BCUT2D eigenvalue weighted by molar-refractivity contribution is -0.116. The highest BCUT2D eigenvalue weighted by Gasteiger charge is 2.04. The molecule has 4 nitrogen and oxygen atoms in total. The van der Waals surface area contributed by atoms with Crippen LogP contribution >= 0.6 is 0 Å². The van der Waals surface area contributed by atoms with Crippen LogP contribution in [0.2, 0.25) is 0 Å². The number of carbonyl (C=O) groups is 1. The highest BCUT2D eigenvalue weighted by Crippen LogP contribution is 2.18. The fourth-order valence-electron chi connectivity index (χ4n) is 1.95. The van der Waals surface area contributed by atoms with Gasteiger partial charge >= 0.3 is 0 Å². The minimum atomic E-state index is 0.207. The summed E-state index contributed by atoms with van der Waals surface area (Å²) in [5.41, 5.74) is 2.04. The molecule has 0 radical (unpaired) electrons. The van der Waals surface area contributed by atoms with E-state index in [1.54, 1.807) is 20.2 Å². The molecule has 2 aromatic rings. The van der Waals surface area contributed by atoms with Crippen molar-refractivity contribution >= 4 is 5.78 Å². The van der Waals surface area contributed by atoms with Crippen LogP contribution in [0, 0.1) is 0 Å². The number of nitrogens with zero attached hydrogens (tertiary/aromatic N) is 1. The molecule has 0 saturated heterocycles. The van der Waals surface area contributed by atoms with Crippen molar-refractivity contribution in [2.45, 2.75) is 26.4 Å². The van der Waals surface area contributed by atoms with E-state index in [9.17, 15) is 4.79 Å². The normalized spacial score (nSPS) is 10.2. The first-order chi connectivity index (χ1) is 10.2. The fourth-order valence-corrected chi connectivity index (χ4v) is 1.95. The predicted octanol–water partition coefficient (Wildman–Crippen LogP) is 3.19. The summed E-state index contributed by atoms with van der Waals surface area (Å²) in [7, 11) is 1.59. The SMILES string of the molecule is COc1ncccc1COc1ccc(CCC(C)=O)cc1. The summed E-state index contributed by atoms with van der Waals surface area (Å²) < 4.78 is 10.9. The Labute approximate surface area is 124 Å². The van der Waals surface area contributed by atoms with Crippen LogP contribution in [0.1, 0.15) is 24.5 Å². The van der Waals surface area contributed by atoms with Gasteiger partial charge in [-0.2, -0.15) is 0 Å². The van der Waals surface area contributed by atoms with Gasteiger partial charge in [0.1, 0.15) is 18.1 Å². The van der Waals surface area contributed by atoms with E-state index < -0.39 is 0 Å². The van der Waals surface area contributed by atoms with Crippen molar-refractivity contribution in [2.24, 2.45) is 0 Å². The molecule has 1 aromatic heterocycles. The van der Waals surface area contributed by atoms with Gasteiger partial charge in [-0.25, -0.2) is 4.98 Å². The smallest absolute Gasteiger partial charge is 0.219 e. The van der Waals surface area contributed by atoms with Crippen molar-refractivity contribution in [3.63, 3.8) is 0 Å². The van der Waals surface area contributed by atoms with Gasteiger partial charge in [-0.1, -0.05) is 12.1 Å². The maximum absolute atomic E-state index is 11.0. The maximum Gasteiger partial charge on any atom is 0.219 e. The van der Waals surface area contributed by atoms with Crippen LogP contribution in [0.5, 0.6) is 11.6 Å². The van der Waals surface area contributed by atoms with Gasteiger partial charge in [0, 0.05) is 12.6 Å². The number of rotatable bonds is 7. The third-order valence-electron chi connectivity index (χ3n) is 3.13. The Morgan fingerprint density at radius 3 is 2.62 bits per heavy atom. The molecular formula is C17H19NO3. The van der Waals surface area contributed by atoms with Crippen LogP contribution < -0.4 is 9.47 Å². The van der Waals surface area contributed by atoms with Crippen LogP contribution in [0.15, 0.2) is 42.6 Å². The summed E-state index contributed by atoms with van der Waals surface area (Å²) >= 11 is 0. The molecule has 0 saturated carbocycles. The number of hydrogen-bond acceptors (Lipinski definition) is 4. The molecule has 21 heavy (non-hydrogen) atoms. The number of ether oxygens (including phenoxy) is 2. The molecule has 0 N–H and O–H groups in total. The van der Waals surface area contributed by atoms with Crippen molar-refractivity contribution in [1.82, 2.24) is 4.98 Å². The van der Waals surface area contributed by atoms with E-state index in [0.717, 1.165) is 23.3 Å². The van der Waals surface area contributed by atoms with Gasteiger partial charge in [0.05, 0.1) is 12.7 Å². The maximum atomic E-state index is 11.0. The minimum Gasteiger partial charge on any atom is -0.489 e. The molecule has 110 valence electrons. The number of aryl methyl sites for hydroxylation is 1. The zero-order valence-electron chi connectivity index (χ0n) is 12.3. The van der Waals surface area contributed by atoms with Crippen LogP contribution in [-0.4, -0.2) is 17.9 Å². The van der Waals surface area contributed by atoms with E-state index in [0.29, 0.717) is 18.9 Å². The summed E-state index contributed by atoms with van der Waals surface area (Å²) in [5.74, 6) is 1.57. The number of aromatic nitrogens is 1. The van der Waals surface area contributed by atoms with E-state index >= 15 is 0 Å². The van der Waals surface area contributed by atoms with E-state index in [-0.39, 0.29) is 5.78 Å². The summed E-state index contributed by atoms with van der Waals surface area (Å²) in [5, 5.41) is 0. The zero-order chi connectivity index (χ0) is 15.1. The zero-order valence-corrected chi connectivity index (χ0v) is 12.3. The Kier molecular flexibility index (Phi) is 5.32. The minimum absolute atomic E-state index is 0.207. The first-order valence-corrected chi connectivity index (χ1v) is 6.88. The lowest BCUT2D eigenvalue weighted by atomic mass is 10.1. The second-order valence-corrected chi connectivity index (χ2v) is 4.81. The number of ketones is 1. The van der Waals surface area contributed by atoms with E-state index in [2.05, 4.69) is 4.98 Å². The Morgan fingerprint density at radius 2 is 1.95 bits per heavy atom. The molecule has 4 heteroatoms. The number of pyridine rings is 1. The molecule has 0 amide bonds. The Hall–Kier alpha value is -2.36. The van der Waals surface area contributed by atoms with Gasteiger partial charge in [-0.05, 0) is 43.2 Å². The van der Waals surface area contributed by atoms with Crippen LogP contribution in [0.25, 0.3) is 0 Å². The first kappa shape index (κ1) is 15.0.